The van der Waals surface area contributed by atoms with E-state index in [1.54, 1.807) is 19.9 Å². The van der Waals surface area contributed by atoms with Crippen LogP contribution < -0.4 is 10.1 Å². The van der Waals surface area contributed by atoms with Gasteiger partial charge in [-0.1, -0.05) is 6.07 Å². The number of nitrogens with zero attached hydrogens (tertiary/aromatic N) is 1. The maximum Gasteiger partial charge on any atom is 0.264 e. The monoisotopic (exact) mass is 280 g/mol. The zero-order chi connectivity index (χ0) is 14.7. The lowest BCUT2D eigenvalue weighted by molar-refractivity contribution is -0.147. The fourth-order valence-electron chi connectivity index (χ4n) is 2.11. The average Bonchev–Trinajstić information content (AvgIpc) is 2.41. The molecule has 1 aromatic carbocycles. The minimum Gasteiger partial charge on any atom is -0.481 e. The summed E-state index contributed by atoms with van der Waals surface area (Å²) in [5, 5.41) is 2.69. The number of piperazine rings is 1. The summed E-state index contributed by atoms with van der Waals surface area (Å²) in [6.07, 6.45) is -0.773. The molecule has 6 heteroatoms. The standard InChI is InChI=1S/C14H17FN2O3/c1-9-13(18)16-6-7-17(9)14(19)10(2)20-12-5-3-4-11(15)8-12/h3-5,8-10H,6-7H2,1-2H3,(H,16,18). The second-order valence-corrected chi connectivity index (χ2v) is 4.72. The molecule has 2 atom stereocenters. The smallest absolute Gasteiger partial charge is 0.264 e. The van der Waals surface area contributed by atoms with Gasteiger partial charge in [-0.3, -0.25) is 9.59 Å². The van der Waals surface area contributed by atoms with Gasteiger partial charge in [-0.05, 0) is 26.0 Å². The van der Waals surface area contributed by atoms with Gasteiger partial charge in [0.15, 0.2) is 6.10 Å². The molecule has 1 aromatic rings. The molecule has 0 spiro atoms. The molecule has 0 bridgehead atoms. The van der Waals surface area contributed by atoms with Crippen LogP contribution >= 0.6 is 0 Å². The second-order valence-electron chi connectivity index (χ2n) is 4.72. The van der Waals surface area contributed by atoms with Crippen LogP contribution in [0.5, 0.6) is 5.75 Å². The summed E-state index contributed by atoms with van der Waals surface area (Å²) in [6, 6.07) is 5.10. The number of nitrogens with one attached hydrogen (secondary N) is 1. The van der Waals surface area contributed by atoms with Crippen LogP contribution in [-0.2, 0) is 9.59 Å². The third kappa shape index (κ3) is 3.07. The van der Waals surface area contributed by atoms with Crippen LogP contribution in [0.1, 0.15) is 13.8 Å². The van der Waals surface area contributed by atoms with Gasteiger partial charge in [-0.25, -0.2) is 4.39 Å². The van der Waals surface area contributed by atoms with Gasteiger partial charge >= 0.3 is 0 Å². The molecule has 1 heterocycles. The van der Waals surface area contributed by atoms with E-state index in [1.807, 2.05) is 0 Å². The molecule has 0 aliphatic carbocycles. The topological polar surface area (TPSA) is 58.6 Å². The SMILES string of the molecule is CC(Oc1cccc(F)c1)C(=O)N1CCNC(=O)C1C. The molecule has 1 N–H and O–H groups in total. The number of carbonyl (C=O) groups is 2. The molecule has 0 aromatic heterocycles. The summed E-state index contributed by atoms with van der Waals surface area (Å²) >= 11 is 0. The van der Waals surface area contributed by atoms with E-state index < -0.39 is 18.0 Å². The van der Waals surface area contributed by atoms with Crippen molar-refractivity contribution in [2.24, 2.45) is 0 Å². The zero-order valence-corrected chi connectivity index (χ0v) is 11.4. The van der Waals surface area contributed by atoms with Crippen molar-refractivity contribution < 1.29 is 18.7 Å². The molecule has 20 heavy (non-hydrogen) atoms. The van der Waals surface area contributed by atoms with E-state index in [9.17, 15) is 14.0 Å². The first-order valence-corrected chi connectivity index (χ1v) is 6.49. The number of ether oxygens (including phenoxy) is 1. The predicted octanol–water partition coefficient (Wildman–Crippen LogP) is 0.940. The maximum atomic E-state index is 13.1. The number of halogens is 1. The highest BCUT2D eigenvalue weighted by atomic mass is 19.1. The lowest BCUT2D eigenvalue weighted by Crippen LogP contribution is -2.58. The first-order valence-electron chi connectivity index (χ1n) is 6.49. The first-order chi connectivity index (χ1) is 9.49. The van der Waals surface area contributed by atoms with Crippen molar-refractivity contribution >= 4 is 11.8 Å². The summed E-state index contributed by atoms with van der Waals surface area (Å²) in [4.78, 5) is 25.3. The molecule has 1 saturated heterocycles. The molecule has 2 rings (SSSR count). The van der Waals surface area contributed by atoms with E-state index in [-0.39, 0.29) is 11.8 Å². The summed E-state index contributed by atoms with van der Waals surface area (Å²) in [5.74, 6) is -0.591. The highest BCUT2D eigenvalue weighted by Crippen LogP contribution is 2.16. The molecule has 1 fully saturated rings. The Labute approximate surface area is 116 Å². The zero-order valence-electron chi connectivity index (χ0n) is 11.4. The fourth-order valence-corrected chi connectivity index (χ4v) is 2.11. The maximum absolute atomic E-state index is 13.1. The van der Waals surface area contributed by atoms with Crippen molar-refractivity contribution in [3.05, 3.63) is 30.1 Å². The molecular formula is C14H17FN2O3. The highest BCUT2D eigenvalue weighted by Gasteiger charge is 2.32. The quantitative estimate of drug-likeness (QED) is 0.896. The average molecular weight is 280 g/mol. The second kappa shape index (κ2) is 5.90. The number of carbonyl (C=O) groups excluding carboxylic acids is 2. The largest absolute Gasteiger partial charge is 0.481 e. The van der Waals surface area contributed by atoms with Gasteiger partial charge in [0.2, 0.25) is 5.91 Å². The fraction of sp³-hybridized carbons (Fsp3) is 0.429. The molecule has 2 unspecified atom stereocenters. The minimum absolute atomic E-state index is 0.178. The van der Waals surface area contributed by atoms with E-state index >= 15 is 0 Å². The van der Waals surface area contributed by atoms with Crippen molar-refractivity contribution in [2.45, 2.75) is 26.0 Å². The Balaban J connectivity index is 2.03. The molecule has 1 aliphatic heterocycles. The number of amides is 2. The Hall–Kier alpha value is -2.11. The molecule has 108 valence electrons. The number of benzene rings is 1. The Kier molecular flexibility index (Phi) is 4.22. The normalized spacial score (nSPS) is 20.2. The molecule has 0 saturated carbocycles. The van der Waals surface area contributed by atoms with Crippen LogP contribution in [0.4, 0.5) is 4.39 Å². The molecular weight excluding hydrogens is 263 g/mol. The lowest BCUT2D eigenvalue weighted by Gasteiger charge is -2.34. The van der Waals surface area contributed by atoms with Gasteiger partial charge in [0.1, 0.15) is 17.6 Å². The summed E-state index contributed by atoms with van der Waals surface area (Å²) in [5.41, 5.74) is 0. The van der Waals surface area contributed by atoms with Crippen LogP contribution in [0.3, 0.4) is 0 Å². The lowest BCUT2D eigenvalue weighted by atomic mass is 10.2. The van der Waals surface area contributed by atoms with Crippen molar-refractivity contribution in [2.75, 3.05) is 13.1 Å². The minimum atomic E-state index is -0.773. The van der Waals surface area contributed by atoms with E-state index in [2.05, 4.69) is 5.32 Å². The predicted molar refractivity (Wildman–Crippen MR) is 70.7 cm³/mol. The third-order valence-corrected chi connectivity index (χ3v) is 3.24. The molecule has 1 aliphatic rings. The van der Waals surface area contributed by atoms with Crippen molar-refractivity contribution in [3.63, 3.8) is 0 Å². The third-order valence-electron chi connectivity index (χ3n) is 3.24. The number of hydrogen-bond acceptors (Lipinski definition) is 3. The van der Waals surface area contributed by atoms with Gasteiger partial charge in [0.25, 0.3) is 5.91 Å². The Bertz CT molecular complexity index is 521. The van der Waals surface area contributed by atoms with Crippen molar-refractivity contribution in [3.8, 4) is 5.75 Å². The Morgan fingerprint density at radius 3 is 3.00 bits per heavy atom. The van der Waals surface area contributed by atoms with Crippen LogP contribution in [0.25, 0.3) is 0 Å². The van der Waals surface area contributed by atoms with E-state index in [0.717, 1.165) is 0 Å². The van der Waals surface area contributed by atoms with Crippen LogP contribution in [0.2, 0.25) is 0 Å². The number of rotatable bonds is 3. The van der Waals surface area contributed by atoms with E-state index in [1.165, 1.54) is 23.1 Å². The molecule has 5 nitrogen and oxygen atoms in total. The Morgan fingerprint density at radius 1 is 1.55 bits per heavy atom. The van der Waals surface area contributed by atoms with Crippen LogP contribution in [0.15, 0.2) is 24.3 Å². The molecule has 0 radical (unpaired) electrons. The van der Waals surface area contributed by atoms with E-state index in [0.29, 0.717) is 18.8 Å². The van der Waals surface area contributed by atoms with Gasteiger partial charge in [0.05, 0.1) is 0 Å². The van der Waals surface area contributed by atoms with Gasteiger partial charge in [0, 0.05) is 19.2 Å². The van der Waals surface area contributed by atoms with Crippen molar-refractivity contribution in [1.82, 2.24) is 10.2 Å². The van der Waals surface area contributed by atoms with E-state index in [4.69, 9.17) is 4.74 Å². The summed E-state index contributed by atoms with van der Waals surface area (Å²) < 4.78 is 18.5. The summed E-state index contributed by atoms with van der Waals surface area (Å²) in [7, 11) is 0. The van der Waals surface area contributed by atoms with Gasteiger partial charge in [-0.15, -0.1) is 0 Å². The van der Waals surface area contributed by atoms with Gasteiger partial charge < -0.3 is 15.0 Å². The Morgan fingerprint density at radius 2 is 2.30 bits per heavy atom. The highest BCUT2D eigenvalue weighted by molar-refractivity contribution is 5.90. The first kappa shape index (κ1) is 14.3. The van der Waals surface area contributed by atoms with Crippen LogP contribution in [-0.4, -0.2) is 41.9 Å². The summed E-state index contributed by atoms with van der Waals surface area (Å²) in [6.45, 7) is 4.14. The number of hydrogen-bond donors (Lipinski definition) is 1. The van der Waals surface area contributed by atoms with Gasteiger partial charge in [-0.2, -0.15) is 0 Å². The van der Waals surface area contributed by atoms with Crippen molar-refractivity contribution in [1.29, 1.82) is 0 Å². The van der Waals surface area contributed by atoms with Crippen LogP contribution in [0, 0.1) is 5.82 Å². The molecule has 2 amide bonds.